The lowest BCUT2D eigenvalue weighted by Gasteiger charge is -2.17. The SMILES string of the molecule is O=C(NCc1ccccc1)OC1COC2C(OC(=O)c3cccnc3)COC12. The van der Waals surface area contributed by atoms with Gasteiger partial charge in [-0.05, 0) is 17.7 Å². The highest BCUT2D eigenvalue weighted by atomic mass is 16.7. The Morgan fingerprint density at radius 3 is 2.39 bits per heavy atom. The van der Waals surface area contributed by atoms with Crippen molar-refractivity contribution in [3.05, 3.63) is 66.0 Å². The Bertz CT molecular complexity index is 816. The van der Waals surface area contributed by atoms with Gasteiger partial charge in [-0.3, -0.25) is 4.98 Å². The average molecular weight is 384 g/mol. The molecule has 4 rings (SSSR count). The van der Waals surface area contributed by atoms with Gasteiger partial charge in [-0.15, -0.1) is 0 Å². The molecule has 0 aliphatic carbocycles. The number of benzene rings is 1. The van der Waals surface area contributed by atoms with Gasteiger partial charge in [-0.25, -0.2) is 9.59 Å². The smallest absolute Gasteiger partial charge is 0.407 e. The van der Waals surface area contributed by atoms with Crippen LogP contribution in [0.15, 0.2) is 54.9 Å². The molecule has 1 amide bonds. The van der Waals surface area contributed by atoms with E-state index in [4.69, 9.17) is 18.9 Å². The summed E-state index contributed by atoms with van der Waals surface area (Å²) in [7, 11) is 0. The third kappa shape index (κ3) is 4.13. The molecule has 1 aromatic heterocycles. The van der Waals surface area contributed by atoms with Gasteiger partial charge in [0.05, 0.1) is 18.8 Å². The van der Waals surface area contributed by atoms with Gasteiger partial charge in [0.1, 0.15) is 12.2 Å². The number of hydrogen-bond donors (Lipinski definition) is 1. The molecule has 2 saturated heterocycles. The van der Waals surface area contributed by atoms with E-state index in [-0.39, 0.29) is 13.2 Å². The van der Waals surface area contributed by atoms with E-state index in [0.29, 0.717) is 12.1 Å². The van der Waals surface area contributed by atoms with Crippen LogP contribution >= 0.6 is 0 Å². The van der Waals surface area contributed by atoms with Gasteiger partial charge < -0.3 is 24.3 Å². The monoisotopic (exact) mass is 384 g/mol. The average Bonchev–Trinajstić information content (AvgIpc) is 3.31. The molecule has 0 spiro atoms. The third-order valence-electron chi connectivity index (χ3n) is 4.66. The lowest BCUT2D eigenvalue weighted by atomic mass is 10.1. The summed E-state index contributed by atoms with van der Waals surface area (Å²) in [6, 6.07) is 12.8. The van der Waals surface area contributed by atoms with Gasteiger partial charge in [0.25, 0.3) is 0 Å². The van der Waals surface area contributed by atoms with E-state index < -0.39 is 36.5 Å². The Labute approximate surface area is 161 Å². The van der Waals surface area contributed by atoms with Crippen LogP contribution in [0.5, 0.6) is 0 Å². The second kappa shape index (κ2) is 8.37. The molecule has 2 fully saturated rings. The predicted molar refractivity (Wildman–Crippen MR) is 96.5 cm³/mol. The molecule has 1 aromatic carbocycles. The molecule has 1 N–H and O–H groups in total. The number of esters is 1. The summed E-state index contributed by atoms with van der Waals surface area (Å²) >= 11 is 0. The highest BCUT2D eigenvalue weighted by Gasteiger charge is 2.51. The van der Waals surface area contributed by atoms with E-state index in [9.17, 15) is 9.59 Å². The third-order valence-corrected chi connectivity index (χ3v) is 4.66. The molecule has 146 valence electrons. The molecule has 2 aliphatic rings. The molecule has 4 atom stereocenters. The molecular formula is C20H20N2O6. The van der Waals surface area contributed by atoms with Crippen LogP contribution in [0.2, 0.25) is 0 Å². The van der Waals surface area contributed by atoms with Gasteiger partial charge in [0.2, 0.25) is 0 Å². The van der Waals surface area contributed by atoms with Crippen molar-refractivity contribution in [2.75, 3.05) is 13.2 Å². The number of alkyl carbamates (subject to hydrolysis) is 1. The summed E-state index contributed by atoms with van der Waals surface area (Å²) in [5.74, 6) is -0.490. The minimum Gasteiger partial charge on any atom is -0.453 e. The molecule has 3 heterocycles. The van der Waals surface area contributed by atoms with Crippen LogP contribution in [0.3, 0.4) is 0 Å². The summed E-state index contributed by atoms with van der Waals surface area (Å²) in [5, 5.41) is 2.71. The normalized spacial score (nSPS) is 25.7. The van der Waals surface area contributed by atoms with Crippen LogP contribution in [0.1, 0.15) is 15.9 Å². The fourth-order valence-electron chi connectivity index (χ4n) is 3.27. The second-order valence-electron chi connectivity index (χ2n) is 6.56. The van der Waals surface area contributed by atoms with Gasteiger partial charge in [0.15, 0.2) is 12.2 Å². The van der Waals surface area contributed by atoms with Crippen molar-refractivity contribution in [3.8, 4) is 0 Å². The van der Waals surface area contributed by atoms with Crippen molar-refractivity contribution >= 4 is 12.1 Å². The van der Waals surface area contributed by atoms with E-state index in [2.05, 4.69) is 10.3 Å². The molecule has 0 radical (unpaired) electrons. The molecule has 28 heavy (non-hydrogen) atoms. The molecule has 2 aliphatic heterocycles. The maximum absolute atomic E-state index is 12.2. The van der Waals surface area contributed by atoms with E-state index in [1.807, 2.05) is 30.3 Å². The van der Waals surface area contributed by atoms with Crippen LogP contribution in [-0.2, 0) is 25.5 Å². The predicted octanol–water partition coefficient (Wildman–Crippen LogP) is 1.70. The van der Waals surface area contributed by atoms with Crippen LogP contribution in [-0.4, -0.2) is 54.7 Å². The first-order valence-electron chi connectivity index (χ1n) is 9.03. The zero-order valence-electron chi connectivity index (χ0n) is 15.0. The lowest BCUT2D eigenvalue weighted by Crippen LogP contribution is -2.38. The van der Waals surface area contributed by atoms with Gasteiger partial charge in [-0.2, -0.15) is 0 Å². The molecule has 2 aromatic rings. The van der Waals surface area contributed by atoms with Gasteiger partial charge in [-0.1, -0.05) is 30.3 Å². The number of pyridine rings is 1. The number of fused-ring (bicyclic) bond motifs is 1. The van der Waals surface area contributed by atoms with Gasteiger partial charge in [0, 0.05) is 18.9 Å². The first kappa shape index (κ1) is 18.4. The highest BCUT2D eigenvalue weighted by molar-refractivity contribution is 5.89. The maximum atomic E-state index is 12.2. The van der Waals surface area contributed by atoms with Crippen molar-refractivity contribution in [1.29, 1.82) is 0 Å². The topological polar surface area (TPSA) is 96.0 Å². The number of nitrogens with zero attached hydrogens (tertiary/aromatic N) is 1. The molecule has 8 heteroatoms. The van der Waals surface area contributed by atoms with E-state index >= 15 is 0 Å². The molecular weight excluding hydrogens is 364 g/mol. The van der Waals surface area contributed by atoms with Crippen LogP contribution in [0.25, 0.3) is 0 Å². The van der Waals surface area contributed by atoms with Gasteiger partial charge >= 0.3 is 12.1 Å². The number of nitrogens with one attached hydrogen (secondary N) is 1. The van der Waals surface area contributed by atoms with Crippen molar-refractivity contribution in [3.63, 3.8) is 0 Å². The zero-order valence-corrected chi connectivity index (χ0v) is 15.0. The second-order valence-corrected chi connectivity index (χ2v) is 6.56. The Kier molecular flexibility index (Phi) is 5.50. The summed E-state index contributed by atoms with van der Waals surface area (Å²) in [5.41, 5.74) is 1.33. The molecule has 4 unspecified atom stereocenters. The highest BCUT2D eigenvalue weighted by Crippen LogP contribution is 2.31. The first-order chi connectivity index (χ1) is 13.7. The van der Waals surface area contributed by atoms with E-state index in [1.165, 1.54) is 6.20 Å². The van der Waals surface area contributed by atoms with Crippen LogP contribution in [0, 0.1) is 0 Å². The Morgan fingerprint density at radius 2 is 1.71 bits per heavy atom. The quantitative estimate of drug-likeness (QED) is 0.784. The summed E-state index contributed by atoms with van der Waals surface area (Å²) in [4.78, 5) is 28.2. The maximum Gasteiger partial charge on any atom is 0.407 e. The minimum absolute atomic E-state index is 0.187. The summed E-state index contributed by atoms with van der Waals surface area (Å²) in [6.45, 7) is 0.745. The number of carbonyl (C=O) groups excluding carboxylic acids is 2. The summed E-state index contributed by atoms with van der Waals surface area (Å²) in [6.07, 6.45) is 0.436. The fourth-order valence-corrected chi connectivity index (χ4v) is 3.27. The number of aromatic nitrogens is 1. The van der Waals surface area contributed by atoms with Crippen molar-refractivity contribution < 1.29 is 28.5 Å². The Hall–Kier alpha value is -2.97. The van der Waals surface area contributed by atoms with E-state index in [1.54, 1.807) is 18.3 Å². The van der Waals surface area contributed by atoms with Crippen molar-refractivity contribution in [2.24, 2.45) is 0 Å². The summed E-state index contributed by atoms with van der Waals surface area (Å²) < 4.78 is 22.3. The zero-order chi connectivity index (χ0) is 19.3. The minimum atomic E-state index is -0.557. The number of rotatable bonds is 5. The molecule has 0 saturated carbocycles. The number of carbonyl (C=O) groups is 2. The Morgan fingerprint density at radius 1 is 1.00 bits per heavy atom. The number of ether oxygens (including phenoxy) is 4. The Balaban J connectivity index is 1.27. The fraction of sp³-hybridized carbons (Fsp3) is 0.350. The number of amides is 1. The lowest BCUT2D eigenvalue weighted by molar-refractivity contribution is -0.0231. The van der Waals surface area contributed by atoms with Crippen LogP contribution in [0.4, 0.5) is 4.79 Å². The van der Waals surface area contributed by atoms with Crippen LogP contribution < -0.4 is 5.32 Å². The molecule has 8 nitrogen and oxygen atoms in total. The first-order valence-corrected chi connectivity index (χ1v) is 9.03. The van der Waals surface area contributed by atoms with Crippen molar-refractivity contribution in [2.45, 2.75) is 31.0 Å². The number of hydrogen-bond acceptors (Lipinski definition) is 7. The standard InChI is InChI=1S/C20H20N2O6/c23-19(14-7-4-8-21-10-14)27-15-11-25-18-16(12-26-17(15)18)28-20(24)22-9-13-5-2-1-3-6-13/h1-8,10,15-18H,9,11-12H2,(H,22,24). The molecule has 0 bridgehead atoms. The van der Waals surface area contributed by atoms with Crippen molar-refractivity contribution in [1.82, 2.24) is 10.3 Å². The van der Waals surface area contributed by atoms with E-state index in [0.717, 1.165) is 5.56 Å². The largest absolute Gasteiger partial charge is 0.453 e.